The Bertz CT molecular complexity index is 795. The Morgan fingerprint density at radius 3 is 1.39 bits per heavy atom. The first-order valence-corrected chi connectivity index (χ1v) is 6.18. The zero-order valence-electron chi connectivity index (χ0n) is 11.0. The van der Waals surface area contributed by atoms with Crippen LogP contribution in [0.3, 0.4) is 0 Å². The van der Waals surface area contributed by atoms with Gasteiger partial charge in [0.05, 0.1) is 0 Å². The van der Waals surface area contributed by atoms with Gasteiger partial charge in [-0.2, -0.15) is 0 Å². The summed E-state index contributed by atoms with van der Waals surface area (Å²) < 4.78 is 81.2. The molecule has 0 unspecified atom stereocenters. The van der Waals surface area contributed by atoms with Gasteiger partial charge in [0.1, 0.15) is 11.5 Å². The topological polar surface area (TPSA) is 34.2 Å². The molecule has 9 heteroatoms. The summed E-state index contributed by atoms with van der Waals surface area (Å²) in [7, 11) is 0. The number of halogens is 6. The highest BCUT2D eigenvalue weighted by Gasteiger charge is 2.32. The van der Waals surface area contributed by atoms with Crippen molar-refractivity contribution < 1.29 is 35.8 Å². The largest absolute Gasteiger partial charge is 0.573 e. The minimum atomic E-state index is -4.86. The van der Waals surface area contributed by atoms with Crippen LogP contribution in [0.15, 0.2) is 36.4 Å². The molecule has 3 aromatic rings. The van der Waals surface area contributed by atoms with Gasteiger partial charge in [0.2, 0.25) is 0 Å². The molecule has 0 spiro atoms. The number of benzene rings is 2. The fourth-order valence-corrected chi connectivity index (χ4v) is 2.25. The average Bonchev–Trinajstić information content (AvgIpc) is 2.73. The molecule has 3 nitrogen and oxygen atoms in total. The Morgan fingerprint density at radius 2 is 1.04 bits per heavy atom. The molecular weight excluding hydrogens is 328 g/mol. The van der Waals surface area contributed by atoms with Crippen molar-refractivity contribution >= 4 is 21.8 Å². The van der Waals surface area contributed by atoms with Crippen LogP contribution in [0.4, 0.5) is 26.3 Å². The molecule has 0 atom stereocenters. The van der Waals surface area contributed by atoms with Crippen LogP contribution >= 0.6 is 0 Å². The maximum atomic E-state index is 12.3. The van der Waals surface area contributed by atoms with Gasteiger partial charge in [-0.1, -0.05) is 0 Å². The molecule has 2 aromatic carbocycles. The van der Waals surface area contributed by atoms with Crippen molar-refractivity contribution in [1.29, 1.82) is 0 Å². The molecule has 0 fully saturated rings. The van der Waals surface area contributed by atoms with Gasteiger partial charge in [-0.05, 0) is 36.4 Å². The number of alkyl halides is 6. The van der Waals surface area contributed by atoms with Crippen LogP contribution in [0.1, 0.15) is 0 Å². The van der Waals surface area contributed by atoms with Crippen molar-refractivity contribution in [2.45, 2.75) is 12.7 Å². The van der Waals surface area contributed by atoms with Crippen molar-refractivity contribution in [3.05, 3.63) is 36.4 Å². The van der Waals surface area contributed by atoms with E-state index in [1.54, 1.807) is 0 Å². The molecule has 0 aliphatic carbocycles. The number of aromatic amines is 1. The SMILES string of the molecule is FC(F)(F)Oc1ccc2[nH]c3ccc(OC(F)(F)F)cc3c2c1. The molecular formula is C14H7F6NO2. The third-order valence-electron chi connectivity index (χ3n) is 3.01. The first-order chi connectivity index (χ1) is 10.6. The highest BCUT2D eigenvalue weighted by Crippen LogP contribution is 2.34. The van der Waals surface area contributed by atoms with Crippen molar-refractivity contribution in [2.24, 2.45) is 0 Å². The van der Waals surface area contributed by atoms with Gasteiger partial charge in [0.15, 0.2) is 0 Å². The first-order valence-electron chi connectivity index (χ1n) is 6.18. The smallest absolute Gasteiger partial charge is 0.406 e. The quantitative estimate of drug-likeness (QED) is 0.660. The molecule has 0 saturated carbocycles. The summed E-state index contributed by atoms with van der Waals surface area (Å²) >= 11 is 0. The van der Waals surface area contributed by atoms with E-state index in [1.165, 1.54) is 12.1 Å². The van der Waals surface area contributed by atoms with E-state index < -0.39 is 24.2 Å². The summed E-state index contributed by atoms with van der Waals surface area (Å²) in [4.78, 5) is 2.88. The van der Waals surface area contributed by atoms with Crippen molar-refractivity contribution in [1.82, 2.24) is 4.98 Å². The van der Waals surface area contributed by atoms with E-state index in [2.05, 4.69) is 14.5 Å². The lowest BCUT2D eigenvalue weighted by atomic mass is 10.1. The molecule has 0 amide bonds. The van der Waals surface area contributed by atoms with Gasteiger partial charge in [-0.25, -0.2) is 0 Å². The van der Waals surface area contributed by atoms with Crippen LogP contribution in [-0.4, -0.2) is 17.7 Å². The van der Waals surface area contributed by atoms with Crippen LogP contribution in [0.2, 0.25) is 0 Å². The van der Waals surface area contributed by atoms with Gasteiger partial charge >= 0.3 is 12.7 Å². The van der Waals surface area contributed by atoms with Crippen LogP contribution < -0.4 is 9.47 Å². The predicted octanol–water partition coefficient (Wildman–Crippen LogP) is 5.12. The molecule has 0 radical (unpaired) electrons. The molecule has 1 N–H and O–H groups in total. The number of H-pyrrole nitrogens is 1. The van der Waals surface area contributed by atoms with E-state index >= 15 is 0 Å². The molecule has 1 heterocycles. The number of hydrogen-bond acceptors (Lipinski definition) is 2. The lowest BCUT2D eigenvalue weighted by Gasteiger charge is -2.09. The van der Waals surface area contributed by atoms with Crippen LogP contribution in [0.25, 0.3) is 21.8 Å². The van der Waals surface area contributed by atoms with E-state index in [4.69, 9.17) is 0 Å². The number of fused-ring (bicyclic) bond motifs is 3. The molecule has 122 valence electrons. The van der Waals surface area contributed by atoms with Gasteiger partial charge in [-0.15, -0.1) is 26.3 Å². The fourth-order valence-electron chi connectivity index (χ4n) is 2.25. The zero-order valence-corrected chi connectivity index (χ0v) is 11.0. The normalized spacial score (nSPS) is 12.8. The number of aromatic nitrogens is 1. The van der Waals surface area contributed by atoms with Crippen molar-refractivity contribution in [3.63, 3.8) is 0 Å². The highest BCUT2D eigenvalue weighted by molar-refractivity contribution is 6.08. The van der Waals surface area contributed by atoms with Gasteiger partial charge in [0.25, 0.3) is 0 Å². The summed E-state index contributed by atoms with van der Waals surface area (Å²) in [6.45, 7) is 0. The molecule has 0 saturated heterocycles. The molecule has 0 aliphatic heterocycles. The van der Waals surface area contributed by atoms with Crippen molar-refractivity contribution in [2.75, 3.05) is 0 Å². The first kappa shape index (κ1) is 15.3. The Balaban J connectivity index is 2.09. The molecule has 23 heavy (non-hydrogen) atoms. The Kier molecular flexibility index (Phi) is 3.31. The summed E-state index contributed by atoms with van der Waals surface area (Å²) in [6, 6.07) is 7.11. The third-order valence-corrected chi connectivity index (χ3v) is 3.01. The average molecular weight is 335 g/mol. The number of hydrogen-bond donors (Lipinski definition) is 1. The Morgan fingerprint density at radius 1 is 0.652 bits per heavy atom. The molecule has 0 bridgehead atoms. The third kappa shape index (κ3) is 3.43. The number of nitrogens with one attached hydrogen (secondary N) is 1. The Hall–Kier alpha value is -2.58. The van der Waals surface area contributed by atoms with Gasteiger partial charge in [-0.3, -0.25) is 0 Å². The predicted molar refractivity (Wildman–Crippen MR) is 69.2 cm³/mol. The zero-order chi connectivity index (χ0) is 16.8. The van der Waals surface area contributed by atoms with Crippen LogP contribution in [0.5, 0.6) is 11.5 Å². The monoisotopic (exact) mass is 335 g/mol. The minimum absolute atomic E-state index is 0.286. The van der Waals surface area contributed by atoms with Crippen molar-refractivity contribution in [3.8, 4) is 11.5 Å². The summed E-state index contributed by atoms with van der Waals surface area (Å²) in [5, 5.41) is 0.573. The van der Waals surface area contributed by atoms with E-state index in [0.29, 0.717) is 11.0 Å². The molecule has 3 rings (SSSR count). The van der Waals surface area contributed by atoms with E-state index in [1.807, 2.05) is 0 Å². The van der Waals surface area contributed by atoms with Gasteiger partial charge in [0, 0.05) is 21.8 Å². The van der Waals surface area contributed by atoms with Gasteiger partial charge < -0.3 is 14.5 Å². The highest BCUT2D eigenvalue weighted by atomic mass is 19.4. The fraction of sp³-hybridized carbons (Fsp3) is 0.143. The standard InChI is InChI=1S/C14H7F6NO2/c15-13(16,17)22-7-1-3-11-9(5-7)10-6-8(23-14(18,19)20)2-4-12(10)21-11/h1-6,21H. The molecule has 1 aromatic heterocycles. The second-order valence-corrected chi connectivity index (χ2v) is 4.64. The summed E-state index contributed by atoms with van der Waals surface area (Å²) in [5.74, 6) is -0.930. The summed E-state index contributed by atoms with van der Waals surface area (Å²) in [6.07, 6.45) is -9.71. The number of rotatable bonds is 2. The van der Waals surface area contributed by atoms with E-state index in [0.717, 1.165) is 24.3 Å². The van der Waals surface area contributed by atoms with E-state index in [9.17, 15) is 26.3 Å². The maximum absolute atomic E-state index is 12.3. The lowest BCUT2D eigenvalue weighted by molar-refractivity contribution is -0.275. The second-order valence-electron chi connectivity index (χ2n) is 4.64. The number of ether oxygens (including phenoxy) is 2. The maximum Gasteiger partial charge on any atom is 0.573 e. The Labute approximate surface area is 124 Å². The van der Waals surface area contributed by atoms with Crippen LogP contribution in [-0.2, 0) is 0 Å². The lowest BCUT2D eigenvalue weighted by Crippen LogP contribution is -2.17. The van der Waals surface area contributed by atoms with Crippen LogP contribution in [0, 0.1) is 0 Å². The van der Waals surface area contributed by atoms with E-state index in [-0.39, 0.29) is 10.8 Å². The molecule has 0 aliphatic rings. The summed E-state index contributed by atoms with van der Waals surface area (Å²) in [5.41, 5.74) is 0.914. The minimum Gasteiger partial charge on any atom is -0.406 e. The second kappa shape index (κ2) is 4.97.